The number of urea groups is 1. The molecule has 0 N–H and O–H groups in total. The molecule has 32 heavy (non-hydrogen) atoms. The number of hydrogen-bond donors (Lipinski definition) is 0. The zero-order chi connectivity index (χ0) is 22.6. The highest BCUT2D eigenvalue weighted by Gasteiger charge is 2.42. The molecule has 3 aliphatic rings. The second kappa shape index (κ2) is 9.75. The number of carbonyl (C=O) groups is 3. The van der Waals surface area contributed by atoms with Crippen LogP contribution in [0.2, 0.25) is 0 Å². The van der Waals surface area contributed by atoms with Crippen LogP contribution in [0.15, 0.2) is 24.5 Å². The maximum absolute atomic E-state index is 13.0. The molecule has 3 aliphatic heterocycles. The first-order valence-electron chi connectivity index (χ1n) is 11.6. The van der Waals surface area contributed by atoms with E-state index in [2.05, 4.69) is 22.0 Å². The van der Waals surface area contributed by atoms with Gasteiger partial charge in [0.2, 0.25) is 5.91 Å². The van der Waals surface area contributed by atoms with Crippen LogP contribution in [0.3, 0.4) is 0 Å². The van der Waals surface area contributed by atoms with Gasteiger partial charge in [-0.2, -0.15) is 0 Å². The van der Waals surface area contributed by atoms with E-state index < -0.39 is 5.97 Å². The van der Waals surface area contributed by atoms with Crippen molar-refractivity contribution >= 4 is 23.6 Å². The van der Waals surface area contributed by atoms with Gasteiger partial charge in [-0.1, -0.05) is 0 Å². The number of carbonyl (C=O) groups excluding carboxylic acids is 3. The van der Waals surface area contributed by atoms with Gasteiger partial charge in [0.15, 0.2) is 0 Å². The summed E-state index contributed by atoms with van der Waals surface area (Å²) in [6, 6.07) is 4.20. The van der Waals surface area contributed by atoms with Crippen molar-refractivity contribution < 1.29 is 19.1 Å². The van der Waals surface area contributed by atoms with Gasteiger partial charge in [0.25, 0.3) is 0 Å². The van der Waals surface area contributed by atoms with E-state index in [1.807, 2.05) is 22.2 Å². The molecule has 174 valence electrons. The summed E-state index contributed by atoms with van der Waals surface area (Å²) in [4.78, 5) is 48.8. The van der Waals surface area contributed by atoms with Crippen molar-refractivity contribution in [3.05, 3.63) is 24.5 Å². The lowest BCUT2D eigenvalue weighted by atomic mass is 9.78. The van der Waals surface area contributed by atoms with Crippen molar-refractivity contribution in [2.45, 2.75) is 32.6 Å². The molecule has 1 aromatic rings. The van der Waals surface area contributed by atoms with Gasteiger partial charge in [-0.25, -0.2) is 4.79 Å². The number of hydrogen-bond acceptors (Lipinski definition) is 6. The van der Waals surface area contributed by atoms with Crippen molar-refractivity contribution in [1.29, 1.82) is 0 Å². The third kappa shape index (κ3) is 4.97. The fourth-order valence-corrected chi connectivity index (χ4v) is 5.09. The molecule has 4 rings (SSSR count). The molecule has 1 aromatic heterocycles. The minimum Gasteiger partial charge on any atom is -0.466 e. The van der Waals surface area contributed by atoms with E-state index in [4.69, 9.17) is 4.74 Å². The summed E-state index contributed by atoms with van der Waals surface area (Å²) in [6.45, 7) is 7.59. The predicted molar refractivity (Wildman–Crippen MR) is 119 cm³/mol. The fourth-order valence-electron chi connectivity index (χ4n) is 5.09. The summed E-state index contributed by atoms with van der Waals surface area (Å²) in [6.07, 6.45) is 6.67. The van der Waals surface area contributed by atoms with E-state index in [0.29, 0.717) is 26.2 Å². The lowest BCUT2D eigenvalue weighted by molar-refractivity contribution is -0.149. The quantitative estimate of drug-likeness (QED) is 0.519. The van der Waals surface area contributed by atoms with Crippen LogP contribution >= 0.6 is 0 Å². The van der Waals surface area contributed by atoms with Crippen LogP contribution in [-0.4, -0.2) is 96.6 Å². The van der Waals surface area contributed by atoms with Crippen LogP contribution in [0, 0.1) is 5.41 Å². The standard InChI is InChI=1S/C23H33N5O4/c1-2-32-21(30)17-20(29)25-13-15-27(16-14-25)22(31)26-10-5-23(6-11-26)7-12-28(18-23)19-3-8-24-9-4-19/h3-4,8-9H,2,5-7,10-18H2,1H3. The van der Waals surface area contributed by atoms with Crippen LogP contribution in [-0.2, 0) is 14.3 Å². The molecule has 3 fully saturated rings. The van der Waals surface area contributed by atoms with E-state index in [1.54, 1.807) is 11.8 Å². The van der Waals surface area contributed by atoms with Crippen LogP contribution in [0.1, 0.15) is 32.6 Å². The number of amides is 3. The second-order valence-corrected chi connectivity index (χ2v) is 9.00. The Balaban J connectivity index is 1.22. The normalized spacial score (nSPS) is 20.5. The maximum Gasteiger partial charge on any atom is 0.320 e. The van der Waals surface area contributed by atoms with Crippen LogP contribution in [0.5, 0.6) is 0 Å². The number of ether oxygens (including phenoxy) is 1. The van der Waals surface area contributed by atoms with E-state index in [9.17, 15) is 14.4 Å². The predicted octanol–water partition coefficient (Wildman–Crippen LogP) is 1.59. The third-order valence-electron chi connectivity index (χ3n) is 7.06. The third-order valence-corrected chi connectivity index (χ3v) is 7.06. The van der Waals surface area contributed by atoms with E-state index in [1.165, 1.54) is 12.1 Å². The Bertz CT molecular complexity index is 817. The van der Waals surface area contributed by atoms with Gasteiger partial charge in [-0.15, -0.1) is 0 Å². The molecule has 0 radical (unpaired) electrons. The monoisotopic (exact) mass is 443 g/mol. The number of piperazine rings is 1. The molecule has 3 saturated heterocycles. The Morgan fingerprint density at radius 2 is 1.50 bits per heavy atom. The Labute approximate surface area is 189 Å². The van der Waals surface area contributed by atoms with E-state index in [-0.39, 0.29) is 30.4 Å². The van der Waals surface area contributed by atoms with Gasteiger partial charge in [0, 0.05) is 70.4 Å². The molecule has 0 aromatic carbocycles. The van der Waals surface area contributed by atoms with Crippen molar-refractivity contribution in [1.82, 2.24) is 19.7 Å². The van der Waals surface area contributed by atoms with Gasteiger partial charge in [0.1, 0.15) is 6.42 Å². The van der Waals surface area contributed by atoms with Crippen molar-refractivity contribution in [3.8, 4) is 0 Å². The molecule has 1 spiro atoms. The van der Waals surface area contributed by atoms with Gasteiger partial charge in [0.05, 0.1) is 6.61 Å². The minimum atomic E-state index is -0.493. The largest absolute Gasteiger partial charge is 0.466 e. The van der Waals surface area contributed by atoms with Gasteiger partial charge < -0.3 is 24.3 Å². The van der Waals surface area contributed by atoms with Gasteiger partial charge in [-0.05, 0) is 43.7 Å². The summed E-state index contributed by atoms with van der Waals surface area (Å²) >= 11 is 0. The number of anilines is 1. The summed E-state index contributed by atoms with van der Waals surface area (Å²) < 4.78 is 4.85. The first-order valence-corrected chi connectivity index (χ1v) is 11.6. The highest BCUT2D eigenvalue weighted by molar-refractivity contribution is 5.94. The lowest BCUT2D eigenvalue weighted by Gasteiger charge is -2.42. The SMILES string of the molecule is CCOC(=O)CC(=O)N1CCN(C(=O)N2CCC3(CC2)CCN(c2ccncc2)C3)CC1. The molecule has 0 aliphatic carbocycles. The first-order chi connectivity index (χ1) is 15.5. The molecule has 0 atom stereocenters. The number of pyridine rings is 1. The summed E-state index contributed by atoms with van der Waals surface area (Å²) in [5, 5.41) is 0. The number of esters is 1. The summed E-state index contributed by atoms with van der Waals surface area (Å²) in [5.74, 6) is -0.719. The highest BCUT2D eigenvalue weighted by Crippen LogP contribution is 2.42. The van der Waals surface area contributed by atoms with E-state index in [0.717, 1.165) is 39.0 Å². The fraction of sp³-hybridized carbons (Fsp3) is 0.652. The summed E-state index contributed by atoms with van der Waals surface area (Å²) in [5.41, 5.74) is 1.52. The molecule has 0 saturated carbocycles. The number of nitrogens with zero attached hydrogens (tertiary/aromatic N) is 5. The highest BCUT2D eigenvalue weighted by atomic mass is 16.5. The Morgan fingerprint density at radius 1 is 0.906 bits per heavy atom. The average Bonchev–Trinajstić information content (AvgIpc) is 3.23. The zero-order valence-corrected chi connectivity index (χ0v) is 18.9. The Morgan fingerprint density at radius 3 is 2.16 bits per heavy atom. The molecular formula is C23H33N5O4. The first kappa shape index (κ1) is 22.4. The van der Waals surface area contributed by atoms with Crippen LogP contribution in [0.4, 0.5) is 10.5 Å². The molecule has 9 heteroatoms. The molecule has 0 bridgehead atoms. The van der Waals surface area contributed by atoms with Crippen molar-refractivity contribution in [2.75, 3.05) is 63.9 Å². The number of aromatic nitrogens is 1. The molecular weight excluding hydrogens is 410 g/mol. The van der Waals surface area contributed by atoms with E-state index >= 15 is 0 Å². The molecule has 4 heterocycles. The van der Waals surface area contributed by atoms with Gasteiger partial charge in [-0.3, -0.25) is 14.6 Å². The Hall–Kier alpha value is -2.84. The van der Waals surface area contributed by atoms with Crippen LogP contribution in [0.25, 0.3) is 0 Å². The topological polar surface area (TPSA) is 86.3 Å². The summed E-state index contributed by atoms with van der Waals surface area (Å²) in [7, 11) is 0. The minimum absolute atomic E-state index is 0.0707. The van der Waals surface area contributed by atoms with Gasteiger partial charge >= 0.3 is 12.0 Å². The van der Waals surface area contributed by atoms with Crippen molar-refractivity contribution in [2.24, 2.45) is 5.41 Å². The average molecular weight is 444 g/mol. The molecule has 9 nitrogen and oxygen atoms in total. The van der Waals surface area contributed by atoms with Crippen LogP contribution < -0.4 is 4.90 Å². The maximum atomic E-state index is 13.0. The number of rotatable bonds is 4. The van der Waals surface area contributed by atoms with Crippen molar-refractivity contribution in [3.63, 3.8) is 0 Å². The number of piperidine rings is 1. The molecule has 3 amide bonds. The molecule has 0 unspecified atom stereocenters. The Kier molecular flexibility index (Phi) is 6.81. The second-order valence-electron chi connectivity index (χ2n) is 9.00. The number of likely N-dealkylation sites (tertiary alicyclic amines) is 1. The lowest BCUT2D eigenvalue weighted by Crippen LogP contribution is -2.56. The smallest absolute Gasteiger partial charge is 0.320 e. The zero-order valence-electron chi connectivity index (χ0n) is 18.9.